The number of nitrogens with zero attached hydrogens (tertiary/aromatic N) is 1. The van der Waals surface area contributed by atoms with Crippen LogP contribution in [0.25, 0.3) is 0 Å². The fourth-order valence-corrected chi connectivity index (χ4v) is 2.06. The maximum absolute atomic E-state index is 13.4. The average Bonchev–Trinajstić information content (AvgIpc) is 2.37. The molecule has 1 aromatic carbocycles. The summed E-state index contributed by atoms with van der Waals surface area (Å²) in [6.07, 6.45) is 0.991. The quantitative estimate of drug-likeness (QED) is 0.784. The van der Waals surface area contributed by atoms with Crippen LogP contribution in [0.3, 0.4) is 0 Å². The van der Waals surface area contributed by atoms with Crippen molar-refractivity contribution >= 4 is 5.69 Å². The molecule has 4 heteroatoms. The Morgan fingerprint density at radius 2 is 2.11 bits per heavy atom. The molecule has 0 saturated carbocycles. The Morgan fingerprint density at radius 3 is 2.67 bits per heavy atom. The van der Waals surface area contributed by atoms with E-state index in [0.717, 1.165) is 24.2 Å². The first-order valence-electron chi connectivity index (χ1n) is 6.46. The standard InChI is InChI=1S/C14H23FN2O/c1-4-7-17(8-9-18)14-6-5-12(15)10-13(14)11(2)16-3/h5-6,10-11,16,18H,4,7-9H2,1-3H3. The number of rotatable bonds is 7. The lowest BCUT2D eigenvalue weighted by Gasteiger charge is -2.28. The van der Waals surface area contributed by atoms with Crippen LogP contribution in [0.15, 0.2) is 18.2 Å². The monoisotopic (exact) mass is 254 g/mol. The molecule has 1 atom stereocenters. The van der Waals surface area contributed by atoms with E-state index in [-0.39, 0.29) is 18.5 Å². The van der Waals surface area contributed by atoms with Crippen molar-refractivity contribution < 1.29 is 9.50 Å². The van der Waals surface area contributed by atoms with Gasteiger partial charge >= 0.3 is 0 Å². The van der Waals surface area contributed by atoms with Gasteiger partial charge in [0.25, 0.3) is 0 Å². The van der Waals surface area contributed by atoms with Gasteiger partial charge in [-0.25, -0.2) is 4.39 Å². The highest BCUT2D eigenvalue weighted by atomic mass is 19.1. The highest BCUT2D eigenvalue weighted by molar-refractivity contribution is 5.55. The number of aliphatic hydroxyl groups is 1. The lowest BCUT2D eigenvalue weighted by Crippen LogP contribution is -2.29. The zero-order chi connectivity index (χ0) is 13.5. The van der Waals surface area contributed by atoms with Gasteiger partial charge in [-0.3, -0.25) is 0 Å². The second kappa shape index (κ2) is 7.34. The average molecular weight is 254 g/mol. The molecule has 1 aromatic rings. The highest BCUT2D eigenvalue weighted by Gasteiger charge is 2.15. The van der Waals surface area contributed by atoms with E-state index < -0.39 is 0 Å². The molecular weight excluding hydrogens is 231 g/mol. The molecule has 18 heavy (non-hydrogen) atoms. The third-order valence-electron chi connectivity index (χ3n) is 3.09. The summed E-state index contributed by atoms with van der Waals surface area (Å²) in [6, 6.07) is 4.91. The van der Waals surface area contributed by atoms with Gasteiger partial charge in [0.1, 0.15) is 5.82 Å². The maximum atomic E-state index is 13.4. The molecule has 0 radical (unpaired) electrons. The van der Waals surface area contributed by atoms with Gasteiger partial charge in [-0.05, 0) is 44.2 Å². The van der Waals surface area contributed by atoms with Crippen molar-refractivity contribution in [2.24, 2.45) is 0 Å². The van der Waals surface area contributed by atoms with Gasteiger partial charge in [0.2, 0.25) is 0 Å². The predicted molar refractivity (Wildman–Crippen MR) is 73.5 cm³/mol. The van der Waals surface area contributed by atoms with Crippen molar-refractivity contribution in [3.63, 3.8) is 0 Å². The first kappa shape index (κ1) is 14.9. The van der Waals surface area contributed by atoms with E-state index in [1.807, 2.05) is 14.0 Å². The van der Waals surface area contributed by atoms with Crippen LogP contribution in [0.5, 0.6) is 0 Å². The van der Waals surface area contributed by atoms with Gasteiger partial charge in [-0.1, -0.05) is 6.92 Å². The molecule has 0 amide bonds. The molecule has 0 heterocycles. The second-order valence-electron chi connectivity index (χ2n) is 4.42. The Hall–Kier alpha value is -1.13. The van der Waals surface area contributed by atoms with E-state index in [0.29, 0.717) is 6.54 Å². The van der Waals surface area contributed by atoms with Crippen LogP contribution < -0.4 is 10.2 Å². The third-order valence-corrected chi connectivity index (χ3v) is 3.09. The van der Waals surface area contributed by atoms with E-state index in [2.05, 4.69) is 17.1 Å². The Bertz CT molecular complexity index is 365. The summed E-state index contributed by atoms with van der Waals surface area (Å²) in [4.78, 5) is 2.10. The Kier molecular flexibility index (Phi) is 6.09. The van der Waals surface area contributed by atoms with Crippen molar-refractivity contribution in [3.05, 3.63) is 29.6 Å². The molecule has 0 aliphatic rings. The molecule has 0 aliphatic heterocycles. The number of benzene rings is 1. The summed E-state index contributed by atoms with van der Waals surface area (Å²) in [5.74, 6) is -0.226. The van der Waals surface area contributed by atoms with Crippen LogP contribution in [0.1, 0.15) is 31.9 Å². The van der Waals surface area contributed by atoms with Gasteiger partial charge in [0.15, 0.2) is 0 Å². The minimum atomic E-state index is -0.226. The Morgan fingerprint density at radius 1 is 1.39 bits per heavy atom. The molecule has 1 unspecified atom stereocenters. The van der Waals surface area contributed by atoms with Crippen LogP contribution in [-0.2, 0) is 0 Å². The smallest absolute Gasteiger partial charge is 0.123 e. The van der Waals surface area contributed by atoms with E-state index in [1.54, 1.807) is 12.1 Å². The Labute approximate surface area is 109 Å². The van der Waals surface area contributed by atoms with Crippen molar-refractivity contribution in [1.82, 2.24) is 5.32 Å². The molecule has 0 aliphatic carbocycles. The van der Waals surface area contributed by atoms with Crippen LogP contribution >= 0.6 is 0 Å². The minimum absolute atomic E-state index is 0.0775. The number of aliphatic hydroxyl groups excluding tert-OH is 1. The summed E-state index contributed by atoms with van der Waals surface area (Å²) in [6.45, 7) is 5.62. The lowest BCUT2D eigenvalue weighted by molar-refractivity contribution is 0.301. The minimum Gasteiger partial charge on any atom is -0.395 e. The predicted octanol–water partition coefficient (Wildman–Crippen LogP) is 2.31. The van der Waals surface area contributed by atoms with Gasteiger partial charge in [0.05, 0.1) is 6.61 Å². The van der Waals surface area contributed by atoms with E-state index in [1.165, 1.54) is 6.07 Å². The normalized spacial score (nSPS) is 12.5. The molecule has 3 nitrogen and oxygen atoms in total. The van der Waals surface area contributed by atoms with E-state index in [4.69, 9.17) is 5.11 Å². The first-order chi connectivity index (χ1) is 8.63. The summed E-state index contributed by atoms with van der Waals surface area (Å²) < 4.78 is 13.4. The van der Waals surface area contributed by atoms with Crippen LogP contribution in [0.4, 0.5) is 10.1 Å². The van der Waals surface area contributed by atoms with Gasteiger partial charge in [-0.15, -0.1) is 0 Å². The number of hydrogen-bond acceptors (Lipinski definition) is 3. The van der Waals surface area contributed by atoms with Gasteiger partial charge in [0, 0.05) is 24.8 Å². The summed E-state index contributed by atoms with van der Waals surface area (Å²) in [7, 11) is 1.86. The largest absolute Gasteiger partial charge is 0.395 e. The second-order valence-corrected chi connectivity index (χ2v) is 4.42. The third kappa shape index (κ3) is 3.68. The zero-order valence-corrected chi connectivity index (χ0v) is 11.4. The molecule has 0 fully saturated rings. The van der Waals surface area contributed by atoms with E-state index >= 15 is 0 Å². The van der Waals surface area contributed by atoms with Gasteiger partial charge in [-0.2, -0.15) is 0 Å². The number of hydrogen-bond donors (Lipinski definition) is 2. The topological polar surface area (TPSA) is 35.5 Å². The molecule has 0 spiro atoms. The fraction of sp³-hybridized carbons (Fsp3) is 0.571. The summed E-state index contributed by atoms with van der Waals surface area (Å²) >= 11 is 0. The van der Waals surface area contributed by atoms with E-state index in [9.17, 15) is 4.39 Å². The molecule has 1 rings (SSSR count). The molecule has 2 N–H and O–H groups in total. The number of anilines is 1. The fourth-order valence-electron chi connectivity index (χ4n) is 2.06. The first-order valence-corrected chi connectivity index (χ1v) is 6.46. The Balaban J connectivity index is 3.10. The highest BCUT2D eigenvalue weighted by Crippen LogP contribution is 2.27. The summed E-state index contributed by atoms with van der Waals surface area (Å²) in [5.41, 5.74) is 1.92. The number of halogens is 1. The van der Waals surface area contributed by atoms with Crippen LogP contribution in [0.2, 0.25) is 0 Å². The number of nitrogens with one attached hydrogen (secondary N) is 1. The molecular formula is C14H23FN2O. The van der Waals surface area contributed by atoms with Crippen molar-refractivity contribution in [1.29, 1.82) is 0 Å². The summed E-state index contributed by atoms with van der Waals surface area (Å²) in [5, 5.41) is 12.3. The maximum Gasteiger partial charge on any atom is 0.123 e. The van der Waals surface area contributed by atoms with Crippen molar-refractivity contribution in [2.45, 2.75) is 26.3 Å². The van der Waals surface area contributed by atoms with Crippen LogP contribution in [0, 0.1) is 5.82 Å². The van der Waals surface area contributed by atoms with Crippen LogP contribution in [-0.4, -0.2) is 31.9 Å². The van der Waals surface area contributed by atoms with Gasteiger partial charge < -0.3 is 15.3 Å². The lowest BCUT2D eigenvalue weighted by atomic mass is 10.0. The van der Waals surface area contributed by atoms with Crippen molar-refractivity contribution in [2.75, 3.05) is 31.6 Å². The zero-order valence-electron chi connectivity index (χ0n) is 11.4. The van der Waals surface area contributed by atoms with Crippen molar-refractivity contribution in [3.8, 4) is 0 Å². The molecule has 0 aromatic heterocycles. The SMILES string of the molecule is CCCN(CCO)c1ccc(F)cc1C(C)NC. The molecule has 0 bridgehead atoms. The molecule has 0 saturated heterocycles. The molecule has 102 valence electrons.